The largest absolute Gasteiger partial charge is 0.411 e. The van der Waals surface area contributed by atoms with Crippen molar-refractivity contribution in [1.29, 1.82) is 0 Å². The highest BCUT2D eigenvalue weighted by Crippen LogP contribution is 2.11. The third kappa shape index (κ3) is 5.26. The summed E-state index contributed by atoms with van der Waals surface area (Å²) in [4.78, 5) is 15.6. The minimum atomic E-state index is -0.316. The molecule has 0 atom stereocenters. The Morgan fingerprint density at radius 2 is 2.00 bits per heavy atom. The zero-order chi connectivity index (χ0) is 12.5. The average Bonchev–Trinajstić information content (AvgIpc) is 2.36. The molecule has 1 rings (SSSR count). The van der Waals surface area contributed by atoms with Gasteiger partial charge in [0, 0.05) is 13.5 Å². The van der Waals surface area contributed by atoms with Crippen molar-refractivity contribution in [3.8, 4) is 0 Å². The zero-order valence-electron chi connectivity index (χ0n) is 10.2. The Morgan fingerprint density at radius 1 is 1.29 bits per heavy atom. The van der Waals surface area contributed by atoms with Gasteiger partial charge in [0.15, 0.2) is 5.90 Å². The molecule has 0 heterocycles. The number of esters is 1. The van der Waals surface area contributed by atoms with Crippen molar-refractivity contribution < 1.29 is 14.3 Å². The van der Waals surface area contributed by atoms with Crippen molar-refractivity contribution in [3.05, 3.63) is 30.3 Å². The van der Waals surface area contributed by atoms with E-state index in [4.69, 9.17) is 9.47 Å². The van der Waals surface area contributed by atoms with Gasteiger partial charge in [-0.3, -0.25) is 4.79 Å². The van der Waals surface area contributed by atoms with Crippen LogP contribution in [0.1, 0.15) is 19.8 Å². The number of carbonyl (C=O) groups excluding carboxylic acids is 1. The second-order valence-corrected chi connectivity index (χ2v) is 3.41. The maximum absolute atomic E-state index is 11.4. The van der Waals surface area contributed by atoms with Crippen LogP contribution in [-0.2, 0) is 14.3 Å². The molecule has 1 aromatic carbocycles. The number of methoxy groups -OCH3 is 1. The lowest BCUT2D eigenvalue weighted by Gasteiger charge is -2.05. The number of nitrogens with zero attached hydrogens (tertiary/aromatic N) is 1. The first kappa shape index (κ1) is 13.4. The summed E-state index contributed by atoms with van der Waals surface area (Å²) in [6, 6.07) is 9.41. The summed E-state index contributed by atoms with van der Waals surface area (Å²) in [5.74, 6) is 0.112. The summed E-state index contributed by atoms with van der Waals surface area (Å²) in [6.45, 7) is 2.26. The summed E-state index contributed by atoms with van der Waals surface area (Å²) in [5, 5.41) is 0. The molecule has 0 saturated heterocycles. The quantitative estimate of drug-likeness (QED) is 0.448. The van der Waals surface area contributed by atoms with E-state index in [1.807, 2.05) is 37.3 Å². The monoisotopic (exact) mass is 235 g/mol. The van der Waals surface area contributed by atoms with E-state index in [1.165, 1.54) is 0 Å². The highest BCUT2D eigenvalue weighted by Gasteiger charge is 2.06. The lowest BCUT2D eigenvalue weighted by atomic mass is 10.3. The fourth-order valence-electron chi connectivity index (χ4n) is 1.19. The molecule has 4 heteroatoms. The van der Waals surface area contributed by atoms with Crippen LogP contribution in [0.2, 0.25) is 0 Å². The molecule has 0 aliphatic carbocycles. The number of hydrogen-bond donors (Lipinski definition) is 0. The molecule has 17 heavy (non-hydrogen) atoms. The number of benzene rings is 1. The number of para-hydroxylation sites is 1. The van der Waals surface area contributed by atoms with Crippen LogP contribution in [0.4, 0.5) is 5.69 Å². The van der Waals surface area contributed by atoms with Crippen LogP contribution in [-0.4, -0.2) is 25.6 Å². The molecule has 92 valence electrons. The van der Waals surface area contributed by atoms with E-state index in [0.29, 0.717) is 18.9 Å². The van der Waals surface area contributed by atoms with E-state index in [1.54, 1.807) is 7.11 Å². The van der Waals surface area contributed by atoms with Crippen LogP contribution in [0.5, 0.6) is 0 Å². The molecule has 0 aromatic heterocycles. The summed E-state index contributed by atoms with van der Waals surface area (Å²) in [5.41, 5.74) is 0.781. The summed E-state index contributed by atoms with van der Waals surface area (Å²) < 4.78 is 9.94. The molecule has 0 fully saturated rings. The van der Waals surface area contributed by atoms with Gasteiger partial charge >= 0.3 is 5.97 Å². The van der Waals surface area contributed by atoms with Crippen LogP contribution >= 0.6 is 0 Å². The molecular weight excluding hydrogens is 218 g/mol. The topological polar surface area (TPSA) is 47.9 Å². The first-order chi connectivity index (χ1) is 8.26. The van der Waals surface area contributed by atoms with Gasteiger partial charge in [0.2, 0.25) is 0 Å². The predicted molar refractivity (Wildman–Crippen MR) is 66.4 cm³/mol. The molecule has 0 N–H and O–H groups in total. The summed E-state index contributed by atoms with van der Waals surface area (Å²) in [7, 11) is 1.55. The van der Waals surface area contributed by atoms with Gasteiger partial charge in [0.1, 0.15) is 0 Å². The van der Waals surface area contributed by atoms with E-state index in [2.05, 4.69) is 4.99 Å². The van der Waals surface area contributed by atoms with Crippen LogP contribution in [0.15, 0.2) is 35.3 Å². The molecule has 0 amide bonds. The fourth-order valence-corrected chi connectivity index (χ4v) is 1.19. The number of ether oxygens (including phenoxy) is 2. The van der Waals surface area contributed by atoms with Gasteiger partial charge in [-0.2, -0.15) is 0 Å². The molecular formula is C13H17NO3. The SMILES string of the molecule is CCC(=Nc1ccccc1)OC(=O)CCOC. The van der Waals surface area contributed by atoms with Crippen molar-refractivity contribution in [2.24, 2.45) is 4.99 Å². The third-order valence-electron chi connectivity index (χ3n) is 2.05. The highest BCUT2D eigenvalue weighted by atomic mass is 16.5. The van der Waals surface area contributed by atoms with Crippen molar-refractivity contribution in [3.63, 3.8) is 0 Å². The zero-order valence-corrected chi connectivity index (χ0v) is 10.2. The minimum absolute atomic E-state index is 0.240. The van der Waals surface area contributed by atoms with Crippen LogP contribution < -0.4 is 0 Å². The molecule has 0 aliphatic rings. The predicted octanol–water partition coefficient (Wildman–Crippen LogP) is 2.71. The first-order valence-electron chi connectivity index (χ1n) is 5.58. The van der Waals surface area contributed by atoms with Crippen molar-refractivity contribution >= 4 is 17.6 Å². The van der Waals surface area contributed by atoms with E-state index >= 15 is 0 Å². The fraction of sp³-hybridized carbons (Fsp3) is 0.385. The van der Waals surface area contributed by atoms with Crippen molar-refractivity contribution in [1.82, 2.24) is 0 Å². The van der Waals surface area contributed by atoms with Gasteiger partial charge in [-0.25, -0.2) is 4.99 Å². The lowest BCUT2D eigenvalue weighted by molar-refractivity contribution is -0.136. The second-order valence-electron chi connectivity index (χ2n) is 3.41. The van der Waals surface area contributed by atoms with E-state index in [0.717, 1.165) is 5.69 Å². The molecule has 0 radical (unpaired) electrons. The lowest BCUT2D eigenvalue weighted by Crippen LogP contribution is -2.13. The number of aliphatic imine (C=N–C) groups is 1. The number of carbonyl (C=O) groups is 1. The standard InChI is InChI=1S/C13H17NO3/c1-3-12(17-13(15)9-10-16-2)14-11-7-5-4-6-8-11/h4-8H,3,9-10H2,1-2H3. The third-order valence-corrected chi connectivity index (χ3v) is 2.05. The van der Waals surface area contributed by atoms with Gasteiger partial charge in [-0.1, -0.05) is 25.1 Å². The van der Waals surface area contributed by atoms with Gasteiger partial charge in [-0.15, -0.1) is 0 Å². The summed E-state index contributed by atoms with van der Waals surface area (Å²) in [6.07, 6.45) is 0.817. The molecule has 0 saturated carbocycles. The molecule has 4 nitrogen and oxygen atoms in total. The maximum Gasteiger partial charge on any atom is 0.314 e. The number of hydrogen-bond acceptors (Lipinski definition) is 4. The van der Waals surface area contributed by atoms with Gasteiger partial charge in [-0.05, 0) is 12.1 Å². The van der Waals surface area contributed by atoms with E-state index in [-0.39, 0.29) is 12.4 Å². The Labute approximate surface area is 101 Å². The Kier molecular flexibility index (Phi) is 5.96. The maximum atomic E-state index is 11.4. The van der Waals surface area contributed by atoms with Crippen molar-refractivity contribution in [2.75, 3.05) is 13.7 Å². The van der Waals surface area contributed by atoms with E-state index < -0.39 is 0 Å². The molecule has 1 aromatic rings. The Morgan fingerprint density at radius 3 is 2.59 bits per heavy atom. The van der Waals surface area contributed by atoms with Gasteiger partial charge in [0.05, 0.1) is 18.7 Å². The number of rotatable bonds is 5. The average molecular weight is 235 g/mol. The molecule has 0 bridgehead atoms. The molecule has 0 unspecified atom stereocenters. The second kappa shape index (κ2) is 7.57. The first-order valence-corrected chi connectivity index (χ1v) is 5.58. The minimum Gasteiger partial charge on any atom is -0.411 e. The highest BCUT2D eigenvalue weighted by molar-refractivity contribution is 5.90. The van der Waals surface area contributed by atoms with Gasteiger partial charge in [0.25, 0.3) is 0 Å². The molecule has 0 spiro atoms. The smallest absolute Gasteiger partial charge is 0.314 e. The Hall–Kier alpha value is -1.68. The Bertz CT molecular complexity index is 374. The van der Waals surface area contributed by atoms with E-state index in [9.17, 15) is 4.79 Å². The normalized spacial score (nSPS) is 11.3. The van der Waals surface area contributed by atoms with Crippen LogP contribution in [0.3, 0.4) is 0 Å². The summed E-state index contributed by atoms with van der Waals surface area (Å²) >= 11 is 0. The molecule has 0 aliphatic heterocycles. The van der Waals surface area contributed by atoms with Crippen molar-refractivity contribution in [2.45, 2.75) is 19.8 Å². The van der Waals surface area contributed by atoms with Crippen LogP contribution in [0.25, 0.3) is 0 Å². The van der Waals surface area contributed by atoms with Crippen LogP contribution in [0, 0.1) is 0 Å². The van der Waals surface area contributed by atoms with Gasteiger partial charge < -0.3 is 9.47 Å². The Balaban J connectivity index is 2.59.